The van der Waals surface area contributed by atoms with Crippen LogP contribution < -0.4 is 0 Å². The molecule has 1 fully saturated rings. The smallest absolute Gasteiger partial charge is 0.410 e. The molecular formula is C19H19F2NO3. The maximum Gasteiger partial charge on any atom is 0.410 e. The molecule has 1 heterocycles. The maximum atomic E-state index is 13.9. The molecule has 0 aromatic heterocycles. The predicted molar refractivity (Wildman–Crippen MR) is 87.7 cm³/mol. The lowest BCUT2D eigenvalue weighted by Crippen LogP contribution is -2.46. The number of piperidine rings is 1. The van der Waals surface area contributed by atoms with Gasteiger partial charge in [0.15, 0.2) is 0 Å². The summed E-state index contributed by atoms with van der Waals surface area (Å²) in [6.45, 7) is 0.484. The molecular weight excluding hydrogens is 328 g/mol. The SMILES string of the molecule is O=C(OCc1ccccc1)N1CCC(O)(c2c(F)cccc2F)CC1. The molecule has 2 aromatic carbocycles. The molecule has 3 rings (SSSR count). The number of nitrogens with zero attached hydrogens (tertiary/aromatic N) is 1. The van der Waals surface area contributed by atoms with Crippen molar-refractivity contribution in [2.24, 2.45) is 0 Å². The Morgan fingerprint density at radius 2 is 1.64 bits per heavy atom. The molecule has 0 radical (unpaired) electrons. The molecule has 0 unspecified atom stereocenters. The number of halogens is 2. The number of likely N-dealkylation sites (tertiary alicyclic amines) is 1. The summed E-state index contributed by atoms with van der Waals surface area (Å²) in [4.78, 5) is 13.6. The van der Waals surface area contributed by atoms with Gasteiger partial charge in [-0.25, -0.2) is 13.6 Å². The second-order valence-corrected chi connectivity index (χ2v) is 6.16. The fourth-order valence-electron chi connectivity index (χ4n) is 3.06. The Hall–Kier alpha value is -2.47. The van der Waals surface area contributed by atoms with Crippen molar-refractivity contribution < 1.29 is 23.4 Å². The first-order valence-corrected chi connectivity index (χ1v) is 8.12. The molecule has 1 N–H and O–H groups in total. The van der Waals surface area contributed by atoms with E-state index in [-0.39, 0.29) is 38.1 Å². The summed E-state index contributed by atoms with van der Waals surface area (Å²) >= 11 is 0. The van der Waals surface area contributed by atoms with E-state index in [0.717, 1.165) is 17.7 Å². The number of aliphatic hydroxyl groups is 1. The van der Waals surface area contributed by atoms with E-state index in [1.807, 2.05) is 30.3 Å². The van der Waals surface area contributed by atoms with Crippen molar-refractivity contribution in [3.05, 3.63) is 71.3 Å². The topological polar surface area (TPSA) is 49.8 Å². The molecule has 0 aliphatic carbocycles. The van der Waals surface area contributed by atoms with E-state index in [1.165, 1.54) is 11.0 Å². The molecule has 132 valence electrons. The summed E-state index contributed by atoms with van der Waals surface area (Å²) in [5.41, 5.74) is -1.07. The van der Waals surface area contributed by atoms with Crippen molar-refractivity contribution in [1.29, 1.82) is 0 Å². The van der Waals surface area contributed by atoms with Gasteiger partial charge < -0.3 is 14.7 Å². The third-order valence-corrected chi connectivity index (χ3v) is 4.48. The molecule has 1 amide bonds. The number of amides is 1. The van der Waals surface area contributed by atoms with Crippen LogP contribution >= 0.6 is 0 Å². The third kappa shape index (κ3) is 3.79. The van der Waals surface area contributed by atoms with Gasteiger partial charge in [-0.2, -0.15) is 0 Å². The average molecular weight is 347 g/mol. The van der Waals surface area contributed by atoms with Crippen LogP contribution in [0.1, 0.15) is 24.0 Å². The van der Waals surface area contributed by atoms with Crippen molar-refractivity contribution in [1.82, 2.24) is 4.90 Å². The normalized spacial score (nSPS) is 16.5. The predicted octanol–water partition coefficient (Wildman–Crippen LogP) is 3.59. The molecule has 0 spiro atoms. The zero-order valence-electron chi connectivity index (χ0n) is 13.6. The van der Waals surface area contributed by atoms with E-state index >= 15 is 0 Å². The highest BCUT2D eigenvalue weighted by Gasteiger charge is 2.39. The highest BCUT2D eigenvalue weighted by Crippen LogP contribution is 2.36. The van der Waals surface area contributed by atoms with Gasteiger partial charge in [-0.15, -0.1) is 0 Å². The van der Waals surface area contributed by atoms with Crippen molar-refractivity contribution in [2.45, 2.75) is 25.0 Å². The Morgan fingerprint density at radius 3 is 2.24 bits per heavy atom. The van der Waals surface area contributed by atoms with Crippen LogP contribution in [0.2, 0.25) is 0 Å². The summed E-state index contributed by atoms with van der Waals surface area (Å²) in [6, 6.07) is 12.8. The van der Waals surface area contributed by atoms with Crippen LogP contribution in [0.3, 0.4) is 0 Å². The minimum atomic E-state index is -1.62. The molecule has 0 bridgehead atoms. The number of hydrogen-bond acceptors (Lipinski definition) is 3. The molecule has 4 nitrogen and oxygen atoms in total. The number of hydrogen-bond donors (Lipinski definition) is 1. The zero-order valence-corrected chi connectivity index (χ0v) is 13.6. The van der Waals surface area contributed by atoms with E-state index in [1.54, 1.807) is 0 Å². The van der Waals surface area contributed by atoms with Gasteiger partial charge in [-0.1, -0.05) is 36.4 Å². The van der Waals surface area contributed by atoms with Gasteiger partial charge in [-0.05, 0) is 30.5 Å². The molecule has 1 saturated heterocycles. The molecule has 1 aliphatic rings. The summed E-state index contributed by atoms with van der Waals surface area (Å²) in [5.74, 6) is -1.55. The number of benzene rings is 2. The Morgan fingerprint density at radius 1 is 1.04 bits per heavy atom. The van der Waals surface area contributed by atoms with Crippen LogP contribution in [0.4, 0.5) is 13.6 Å². The lowest BCUT2D eigenvalue weighted by Gasteiger charge is -2.38. The van der Waals surface area contributed by atoms with E-state index in [4.69, 9.17) is 4.74 Å². The number of carbonyl (C=O) groups is 1. The van der Waals surface area contributed by atoms with Crippen LogP contribution in [0.15, 0.2) is 48.5 Å². The summed E-state index contributed by atoms with van der Waals surface area (Å²) in [6.07, 6.45) is -0.406. The number of rotatable bonds is 3. The minimum Gasteiger partial charge on any atom is -0.445 e. The second kappa shape index (κ2) is 7.19. The van der Waals surface area contributed by atoms with E-state index in [0.29, 0.717) is 0 Å². The van der Waals surface area contributed by atoms with Crippen LogP contribution in [0.25, 0.3) is 0 Å². The van der Waals surface area contributed by atoms with Crippen LogP contribution in [0, 0.1) is 11.6 Å². The zero-order chi connectivity index (χ0) is 17.9. The first-order chi connectivity index (χ1) is 12.0. The molecule has 6 heteroatoms. The maximum absolute atomic E-state index is 13.9. The minimum absolute atomic E-state index is 0.0469. The van der Waals surface area contributed by atoms with Crippen LogP contribution in [-0.4, -0.2) is 29.2 Å². The standard InChI is InChI=1S/C19H19F2NO3/c20-15-7-4-8-16(21)17(15)19(24)9-11-22(12-10-19)18(23)25-13-14-5-2-1-3-6-14/h1-8,24H,9-13H2. The van der Waals surface area contributed by atoms with E-state index in [2.05, 4.69) is 0 Å². The second-order valence-electron chi connectivity index (χ2n) is 6.16. The van der Waals surface area contributed by atoms with Crippen molar-refractivity contribution >= 4 is 6.09 Å². The molecule has 0 saturated carbocycles. The van der Waals surface area contributed by atoms with Crippen molar-refractivity contribution in [3.63, 3.8) is 0 Å². The van der Waals surface area contributed by atoms with Gasteiger partial charge in [0.1, 0.15) is 18.2 Å². The highest BCUT2D eigenvalue weighted by molar-refractivity contribution is 5.67. The molecule has 2 aromatic rings. The number of carbonyl (C=O) groups excluding carboxylic acids is 1. The molecule has 1 aliphatic heterocycles. The molecule has 25 heavy (non-hydrogen) atoms. The number of ether oxygens (including phenoxy) is 1. The largest absolute Gasteiger partial charge is 0.445 e. The first-order valence-electron chi connectivity index (χ1n) is 8.12. The fourth-order valence-corrected chi connectivity index (χ4v) is 3.06. The summed E-state index contributed by atoms with van der Waals surface area (Å²) < 4.78 is 33.1. The summed E-state index contributed by atoms with van der Waals surface area (Å²) in [5, 5.41) is 10.7. The lowest BCUT2D eigenvalue weighted by molar-refractivity contribution is -0.0303. The van der Waals surface area contributed by atoms with Gasteiger partial charge in [0.2, 0.25) is 0 Å². The third-order valence-electron chi connectivity index (χ3n) is 4.48. The van der Waals surface area contributed by atoms with Crippen molar-refractivity contribution in [2.75, 3.05) is 13.1 Å². The monoisotopic (exact) mass is 347 g/mol. The Balaban J connectivity index is 1.60. The van der Waals surface area contributed by atoms with Gasteiger partial charge >= 0.3 is 6.09 Å². The fraction of sp³-hybridized carbons (Fsp3) is 0.316. The van der Waals surface area contributed by atoms with Gasteiger partial charge in [0.05, 0.1) is 11.2 Å². The van der Waals surface area contributed by atoms with Crippen LogP contribution in [-0.2, 0) is 16.9 Å². The average Bonchev–Trinajstić information content (AvgIpc) is 2.61. The first kappa shape index (κ1) is 17.4. The molecule has 0 atom stereocenters. The van der Waals surface area contributed by atoms with Gasteiger partial charge in [0, 0.05) is 13.1 Å². The Bertz CT molecular complexity index is 723. The van der Waals surface area contributed by atoms with Crippen LogP contribution in [0.5, 0.6) is 0 Å². The van der Waals surface area contributed by atoms with Gasteiger partial charge in [0.25, 0.3) is 0 Å². The lowest BCUT2D eigenvalue weighted by atomic mass is 9.84. The highest BCUT2D eigenvalue weighted by atomic mass is 19.1. The van der Waals surface area contributed by atoms with E-state index < -0.39 is 23.3 Å². The summed E-state index contributed by atoms with van der Waals surface area (Å²) in [7, 11) is 0. The Labute approximate surface area is 144 Å². The quantitative estimate of drug-likeness (QED) is 0.923. The van der Waals surface area contributed by atoms with E-state index in [9.17, 15) is 18.7 Å². The van der Waals surface area contributed by atoms with Gasteiger partial charge in [-0.3, -0.25) is 0 Å². The van der Waals surface area contributed by atoms with Crippen molar-refractivity contribution in [3.8, 4) is 0 Å². The Kier molecular flexibility index (Phi) is 4.99.